The SMILES string of the molecule is CC(C)(C)c1ccc2c(c1)c1cc(C3CCCCC3)cc3c1n2-c1cc(-c2cc(-c4cc(-c5ccccc5)cc(-c5ccccc5)c4)nc(-c4cc(-c5ccccc5)cc(-c5ccccc5)c4)n2)cc2c1B3c1cc(C3CCCCC3)cc3c4cc(C(C)(C)C)ccc4n-2c13. The Balaban J connectivity index is 0.972. The maximum absolute atomic E-state index is 5.95. The minimum Gasteiger partial charge on any atom is -0.310 e. The Hall–Kier alpha value is -9.84. The Bertz CT molecular complexity index is 4940. The first-order valence-corrected chi connectivity index (χ1v) is 35.2. The number of fused-ring (bicyclic) bond motifs is 10. The van der Waals surface area contributed by atoms with Crippen LogP contribution in [0.25, 0.3) is 133 Å². The van der Waals surface area contributed by atoms with E-state index in [-0.39, 0.29) is 17.5 Å². The van der Waals surface area contributed by atoms with Crippen LogP contribution < -0.4 is 16.4 Å². The minimum absolute atomic E-state index is 0.00489. The molecule has 462 valence electrons. The van der Waals surface area contributed by atoms with Crippen molar-refractivity contribution in [3.05, 3.63) is 259 Å². The topological polar surface area (TPSA) is 35.6 Å². The summed E-state index contributed by atoms with van der Waals surface area (Å²) in [6, 6.07) is 90.2. The van der Waals surface area contributed by atoms with Gasteiger partial charge in [0.2, 0.25) is 0 Å². The van der Waals surface area contributed by atoms with Gasteiger partial charge in [0.1, 0.15) is 0 Å². The van der Waals surface area contributed by atoms with E-state index < -0.39 is 0 Å². The normalized spacial score (nSPS) is 14.9. The van der Waals surface area contributed by atoms with Crippen LogP contribution in [0.15, 0.2) is 237 Å². The van der Waals surface area contributed by atoms with E-state index in [4.69, 9.17) is 9.97 Å². The fourth-order valence-corrected chi connectivity index (χ4v) is 17.1. The first-order chi connectivity index (χ1) is 46.3. The maximum atomic E-state index is 5.95. The molecule has 14 aromatic rings. The Morgan fingerprint density at radius 2 is 0.684 bits per heavy atom. The molecular formula is C90H79BN4. The van der Waals surface area contributed by atoms with Gasteiger partial charge in [0.25, 0.3) is 6.71 Å². The lowest BCUT2D eigenvalue weighted by molar-refractivity contribution is 0.444. The van der Waals surface area contributed by atoms with Gasteiger partial charge in [-0.05, 0) is 222 Å². The molecule has 2 aliphatic carbocycles. The van der Waals surface area contributed by atoms with Crippen LogP contribution in [0.5, 0.6) is 0 Å². The van der Waals surface area contributed by atoms with Crippen LogP contribution in [0.1, 0.15) is 140 Å². The van der Waals surface area contributed by atoms with E-state index in [9.17, 15) is 0 Å². The molecule has 0 atom stereocenters. The third-order valence-electron chi connectivity index (χ3n) is 22.1. The summed E-state index contributed by atoms with van der Waals surface area (Å²) in [4.78, 5) is 11.8. The quantitative estimate of drug-likeness (QED) is 0.135. The number of rotatable bonds is 9. The van der Waals surface area contributed by atoms with Gasteiger partial charge in [-0.2, -0.15) is 0 Å². The van der Waals surface area contributed by atoms with E-state index in [0.29, 0.717) is 17.7 Å². The zero-order valence-electron chi connectivity index (χ0n) is 55.6. The molecule has 95 heavy (non-hydrogen) atoms. The summed E-state index contributed by atoms with van der Waals surface area (Å²) < 4.78 is 5.42. The van der Waals surface area contributed by atoms with Crippen molar-refractivity contribution >= 4 is 66.7 Å². The fraction of sp³-hybridized carbons (Fsp3) is 0.222. The molecule has 11 aromatic carbocycles. The first kappa shape index (κ1) is 57.8. The standard InChI is InChI=1S/C90H79BN4/c1-89(2,3)71-37-39-81-73(53-71)75-47-66(60-33-21-11-22-34-60)49-77-86(75)94(81)83-51-69(52-84-85(83)91(77)78-50-67(61-35-23-12-24-36-61)48-76-74-54-72(90(4,5)6)38-40-82(74)95(84)87(76)78)80-55-79(68-43-62(56-25-13-7-14-26-56)41-63(44-68)57-27-15-8-16-28-57)92-88(93-80)70-45-64(58-29-17-9-18-30-58)42-65(46-70)59-31-19-10-20-32-59/h7-10,13-20,25-32,37-55,60-61H,11-12,21-24,33-36H2,1-6H3. The van der Waals surface area contributed by atoms with Crippen LogP contribution >= 0.6 is 0 Å². The molecule has 0 N–H and O–H groups in total. The summed E-state index contributed by atoms with van der Waals surface area (Å²) in [7, 11) is 0. The summed E-state index contributed by atoms with van der Waals surface area (Å²) in [5, 5.41) is 5.45. The second kappa shape index (κ2) is 22.4. The molecular weight excluding hydrogens is 1150 g/mol. The Morgan fingerprint density at radius 1 is 0.326 bits per heavy atom. The number of aromatic nitrogens is 4. The third-order valence-corrected chi connectivity index (χ3v) is 22.1. The zero-order valence-corrected chi connectivity index (χ0v) is 55.6. The van der Waals surface area contributed by atoms with Crippen molar-refractivity contribution in [2.24, 2.45) is 0 Å². The molecule has 2 aliphatic heterocycles. The van der Waals surface area contributed by atoms with Crippen LogP contribution in [0, 0.1) is 0 Å². The number of hydrogen-bond donors (Lipinski definition) is 0. The van der Waals surface area contributed by atoms with E-state index in [2.05, 4.69) is 287 Å². The van der Waals surface area contributed by atoms with Crippen molar-refractivity contribution in [2.75, 3.05) is 0 Å². The molecule has 0 saturated heterocycles. The van der Waals surface area contributed by atoms with Gasteiger partial charge in [0.05, 0.1) is 22.4 Å². The van der Waals surface area contributed by atoms with E-state index in [1.165, 1.54) is 158 Å². The molecule has 0 unspecified atom stereocenters. The summed E-state index contributed by atoms with van der Waals surface area (Å²) in [6.07, 6.45) is 12.8. The van der Waals surface area contributed by atoms with Crippen molar-refractivity contribution in [2.45, 2.75) is 128 Å². The van der Waals surface area contributed by atoms with Gasteiger partial charge in [-0.25, -0.2) is 9.97 Å². The number of benzene rings is 11. The van der Waals surface area contributed by atoms with Crippen LogP contribution in [0.2, 0.25) is 0 Å². The van der Waals surface area contributed by atoms with Gasteiger partial charge in [-0.3, -0.25) is 0 Å². The molecule has 0 bridgehead atoms. The third kappa shape index (κ3) is 9.85. The Kier molecular flexibility index (Phi) is 13.6. The van der Waals surface area contributed by atoms with Gasteiger partial charge in [-0.15, -0.1) is 0 Å². The van der Waals surface area contributed by atoms with Gasteiger partial charge < -0.3 is 9.13 Å². The zero-order chi connectivity index (χ0) is 63.8. The van der Waals surface area contributed by atoms with E-state index in [0.717, 1.165) is 72.6 Å². The predicted molar refractivity (Wildman–Crippen MR) is 402 cm³/mol. The Labute approximate surface area is 559 Å². The highest BCUT2D eigenvalue weighted by Crippen LogP contribution is 2.47. The maximum Gasteiger partial charge on any atom is 0.252 e. The number of hydrogen-bond acceptors (Lipinski definition) is 2. The second-order valence-corrected chi connectivity index (χ2v) is 30.2. The van der Waals surface area contributed by atoms with Gasteiger partial charge in [0, 0.05) is 60.6 Å². The summed E-state index contributed by atoms with van der Waals surface area (Å²) in [5.41, 5.74) is 31.6. The van der Waals surface area contributed by atoms with Gasteiger partial charge in [0.15, 0.2) is 5.82 Å². The lowest BCUT2D eigenvalue weighted by Gasteiger charge is -2.35. The largest absolute Gasteiger partial charge is 0.310 e. The minimum atomic E-state index is -0.0354. The molecule has 4 aliphatic rings. The summed E-state index contributed by atoms with van der Waals surface area (Å²) in [6.45, 7) is 14.2. The van der Waals surface area contributed by atoms with Crippen LogP contribution in [0.3, 0.4) is 0 Å². The van der Waals surface area contributed by atoms with E-state index in [1.54, 1.807) is 0 Å². The van der Waals surface area contributed by atoms with Crippen molar-refractivity contribution in [3.8, 4) is 89.8 Å². The average Bonchev–Trinajstić information content (AvgIpc) is 1.56. The molecule has 2 saturated carbocycles. The van der Waals surface area contributed by atoms with Crippen molar-refractivity contribution in [3.63, 3.8) is 0 Å². The molecule has 4 nitrogen and oxygen atoms in total. The van der Waals surface area contributed by atoms with Crippen molar-refractivity contribution < 1.29 is 0 Å². The smallest absolute Gasteiger partial charge is 0.252 e. The van der Waals surface area contributed by atoms with Crippen molar-refractivity contribution in [1.82, 2.24) is 19.1 Å². The van der Waals surface area contributed by atoms with Crippen LogP contribution in [0.4, 0.5) is 0 Å². The molecule has 5 heterocycles. The molecule has 2 fully saturated rings. The molecule has 0 amide bonds. The monoisotopic (exact) mass is 1230 g/mol. The predicted octanol–water partition coefficient (Wildman–Crippen LogP) is 22.2. The van der Waals surface area contributed by atoms with Crippen LogP contribution in [-0.2, 0) is 10.8 Å². The highest BCUT2D eigenvalue weighted by molar-refractivity contribution is 7.00. The Morgan fingerprint density at radius 3 is 1.06 bits per heavy atom. The average molecular weight is 1230 g/mol. The molecule has 3 aromatic heterocycles. The lowest BCUT2D eigenvalue weighted by Crippen LogP contribution is -2.59. The molecule has 18 rings (SSSR count). The molecule has 5 heteroatoms. The fourth-order valence-electron chi connectivity index (χ4n) is 17.1. The van der Waals surface area contributed by atoms with E-state index >= 15 is 0 Å². The first-order valence-electron chi connectivity index (χ1n) is 35.2. The van der Waals surface area contributed by atoms with E-state index in [1.807, 2.05) is 0 Å². The molecule has 0 radical (unpaired) electrons. The van der Waals surface area contributed by atoms with Gasteiger partial charge >= 0.3 is 0 Å². The summed E-state index contributed by atoms with van der Waals surface area (Å²) in [5.74, 6) is 1.75. The highest BCUT2D eigenvalue weighted by Gasteiger charge is 2.43. The van der Waals surface area contributed by atoms with Crippen LogP contribution in [-0.4, -0.2) is 25.8 Å². The van der Waals surface area contributed by atoms with Gasteiger partial charge in [-0.1, -0.05) is 226 Å². The van der Waals surface area contributed by atoms with Crippen molar-refractivity contribution in [1.29, 1.82) is 0 Å². The lowest BCUT2D eigenvalue weighted by atomic mass is 9.34. The number of nitrogens with zero attached hydrogens (tertiary/aromatic N) is 4. The second-order valence-electron chi connectivity index (χ2n) is 30.2. The highest BCUT2D eigenvalue weighted by atomic mass is 15.0. The summed E-state index contributed by atoms with van der Waals surface area (Å²) >= 11 is 0. The molecule has 0 spiro atoms.